The van der Waals surface area contributed by atoms with Crippen LogP contribution in [-0.2, 0) is 6.54 Å². The molecule has 2 rings (SSSR count). The highest BCUT2D eigenvalue weighted by molar-refractivity contribution is 9.10. The van der Waals surface area contributed by atoms with Gasteiger partial charge in [0.05, 0.1) is 11.5 Å². The van der Waals surface area contributed by atoms with E-state index in [0.29, 0.717) is 8.94 Å². The van der Waals surface area contributed by atoms with Gasteiger partial charge in [-0.05, 0) is 28.1 Å². The van der Waals surface area contributed by atoms with E-state index in [1.807, 2.05) is 0 Å². The Balaban J connectivity index is 2.28. The Hall–Kier alpha value is -1.25. The Kier molecular flexibility index (Phi) is 4.33. The lowest BCUT2D eigenvalue weighted by atomic mass is 10.2. The number of hydrogen-bond donors (Lipinski definition) is 1. The molecule has 0 fully saturated rings. The number of hydrogen-bond acceptors (Lipinski definition) is 5. The Labute approximate surface area is 124 Å². The van der Waals surface area contributed by atoms with Gasteiger partial charge in [-0.15, -0.1) is 11.3 Å². The van der Waals surface area contributed by atoms with E-state index in [1.54, 1.807) is 6.20 Å². The standard InChI is InChI=1S/C10H6BrClFN3O2S/c11-6-1-2-7(13)9(16(17)18)8(6)14-3-5-4-15-10(12)19-5/h1-2,4,14H,3H2. The van der Waals surface area contributed by atoms with Crippen LogP contribution in [0.4, 0.5) is 15.8 Å². The molecule has 0 saturated heterocycles. The maximum Gasteiger partial charge on any atom is 0.328 e. The zero-order chi connectivity index (χ0) is 14.0. The van der Waals surface area contributed by atoms with Crippen LogP contribution in [0.5, 0.6) is 0 Å². The minimum atomic E-state index is -0.891. The van der Waals surface area contributed by atoms with E-state index < -0.39 is 16.4 Å². The fourth-order valence-corrected chi connectivity index (χ4v) is 2.81. The van der Waals surface area contributed by atoms with Crippen LogP contribution in [0.3, 0.4) is 0 Å². The highest BCUT2D eigenvalue weighted by Gasteiger charge is 2.22. The van der Waals surface area contributed by atoms with Crippen molar-refractivity contribution in [1.82, 2.24) is 4.98 Å². The molecule has 1 aromatic heterocycles. The number of nitro groups is 1. The van der Waals surface area contributed by atoms with Gasteiger partial charge in [0.1, 0.15) is 5.69 Å². The SMILES string of the molecule is O=[N+]([O-])c1c(F)ccc(Br)c1NCc1cnc(Cl)s1. The molecule has 0 aliphatic carbocycles. The first-order valence-electron chi connectivity index (χ1n) is 4.95. The van der Waals surface area contributed by atoms with Crippen molar-refractivity contribution in [3.05, 3.63) is 48.1 Å². The normalized spacial score (nSPS) is 10.5. The van der Waals surface area contributed by atoms with E-state index in [4.69, 9.17) is 11.6 Å². The zero-order valence-corrected chi connectivity index (χ0v) is 12.4. The number of nitrogens with zero attached hydrogens (tertiary/aromatic N) is 2. The van der Waals surface area contributed by atoms with E-state index in [9.17, 15) is 14.5 Å². The largest absolute Gasteiger partial charge is 0.374 e. The maximum absolute atomic E-state index is 13.5. The van der Waals surface area contributed by atoms with Gasteiger partial charge in [0.15, 0.2) is 4.47 Å². The maximum atomic E-state index is 13.5. The lowest BCUT2D eigenvalue weighted by molar-refractivity contribution is -0.386. The fraction of sp³-hybridized carbons (Fsp3) is 0.100. The lowest BCUT2D eigenvalue weighted by Gasteiger charge is -2.08. The predicted molar refractivity (Wildman–Crippen MR) is 75.2 cm³/mol. The van der Waals surface area contributed by atoms with Crippen LogP contribution in [0.1, 0.15) is 4.88 Å². The van der Waals surface area contributed by atoms with Crippen molar-refractivity contribution in [2.75, 3.05) is 5.32 Å². The Morgan fingerprint density at radius 1 is 1.58 bits per heavy atom. The minimum Gasteiger partial charge on any atom is -0.374 e. The second-order valence-corrected chi connectivity index (χ2v) is 5.99. The van der Waals surface area contributed by atoms with Gasteiger partial charge in [-0.3, -0.25) is 10.1 Å². The van der Waals surface area contributed by atoms with Gasteiger partial charge in [0.25, 0.3) is 0 Å². The van der Waals surface area contributed by atoms with Gasteiger partial charge >= 0.3 is 5.69 Å². The van der Waals surface area contributed by atoms with Crippen molar-refractivity contribution in [2.45, 2.75) is 6.54 Å². The Bertz CT molecular complexity index is 637. The molecule has 0 bridgehead atoms. The monoisotopic (exact) mass is 365 g/mol. The van der Waals surface area contributed by atoms with Crippen LogP contribution >= 0.6 is 38.9 Å². The summed E-state index contributed by atoms with van der Waals surface area (Å²) in [7, 11) is 0. The van der Waals surface area contributed by atoms with Crippen molar-refractivity contribution >= 4 is 50.2 Å². The van der Waals surface area contributed by atoms with Crippen LogP contribution in [0.25, 0.3) is 0 Å². The number of anilines is 1. The van der Waals surface area contributed by atoms with Gasteiger partial charge < -0.3 is 5.32 Å². The molecule has 0 amide bonds. The van der Waals surface area contributed by atoms with Gasteiger partial charge in [-0.1, -0.05) is 11.6 Å². The molecule has 0 atom stereocenters. The van der Waals surface area contributed by atoms with Gasteiger partial charge in [-0.25, -0.2) is 4.98 Å². The van der Waals surface area contributed by atoms with Crippen LogP contribution in [0.2, 0.25) is 4.47 Å². The molecule has 0 saturated carbocycles. The predicted octanol–water partition coefficient (Wildman–Crippen LogP) is 4.22. The second-order valence-electron chi connectivity index (χ2n) is 3.44. The van der Waals surface area contributed by atoms with Crippen LogP contribution in [-0.4, -0.2) is 9.91 Å². The Morgan fingerprint density at radius 3 is 2.89 bits per heavy atom. The first-order valence-corrected chi connectivity index (χ1v) is 6.94. The van der Waals surface area contributed by atoms with Crippen LogP contribution in [0.15, 0.2) is 22.8 Å². The second kappa shape index (κ2) is 5.81. The summed E-state index contributed by atoms with van der Waals surface area (Å²) in [6, 6.07) is 2.45. The quantitative estimate of drug-likeness (QED) is 0.650. The average Bonchev–Trinajstić information content (AvgIpc) is 2.75. The number of nitrogens with one attached hydrogen (secondary N) is 1. The van der Waals surface area contributed by atoms with Crippen molar-refractivity contribution in [3.63, 3.8) is 0 Å². The third kappa shape index (κ3) is 3.20. The molecule has 1 aromatic carbocycles. The molecule has 0 aliphatic heterocycles. The molecule has 1 heterocycles. The molecule has 9 heteroatoms. The average molecular weight is 367 g/mol. The Morgan fingerprint density at radius 2 is 2.32 bits per heavy atom. The molecular formula is C10H6BrClFN3O2S. The summed E-state index contributed by atoms with van der Waals surface area (Å²) in [4.78, 5) is 14.8. The van der Waals surface area contributed by atoms with E-state index in [2.05, 4.69) is 26.2 Å². The van der Waals surface area contributed by atoms with Crippen molar-refractivity contribution in [2.24, 2.45) is 0 Å². The van der Waals surface area contributed by atoms with Crippen LogP contribution in [0, 0.1) is 15.9 Å². The van der Waals surface area contributed by atoms with Crippen molar-refractivity contribution in [3.8, 4) is 0 Å². The highest BCUT2D eigenvalue weighted by atomic mass is 79.9. The van der Waals surface area contributed by atoms with Gasteiger partial charge in [0.2, 0.25) is 5.82 Å². The summed E-state index contributed by atoms with van der Waals surface area (Å²) < 4.78 is 14.3. The van der Waals surface area contributed by atoms with Gasteiger partial charge in [0, 0.05) is 15.5 Å². The minimum absolute atomic E-state index is 0.0922. The van der Waals surface area contributed by atoms with E-state index in [1.165, 1.54) is 17.4 Å². The molecule has 1 N–H and O–H groups in total. The molecular weight excluding hydrogens is 361 g/mol. The molecule has 0 unspecified atom stereocenters. The van der Waals surface area contributed by atoms with E-state index in [-0.39, 0.29) is 12.2 Å². The van der Waals surface area contributed by atoms with Crippen LogP contribution < -0.4 is 5.32 Å². The number of halogens is 3. The molecule has 0 aliphatic rings. The summed E-state index contributed by atoms with van der Waals surface area (Å²) in [6.07, 6.45) is 1.55. The molecule has 100 valence electrons. The lowest BCUT2D eigenvalue weighted by Crippen LogP contribution is -2.04. The van der Waals surface area contributed by atoms with Gasteiger partial charge in [-0.2, -0.15) is 4.39 Å². The zero-order valence-electron chi connectivity index (χ0n) is 9.19. The number of nitro benzene ring substituents is 1. The number of aromatic nitrogens is 1. The molecule has 5 nitrogen and oxygen atoms in total. The number of rotatable bonds is 4. The first kappa shape index (κ1) is 14.2. The molecule has 0 spiro atoms. The van der Waals surface area contributed by atoms with E-state index in [0.717, 1.165) is 10.9 Å². The fourth-order valence-electron chi connectivity index (χ4n) is 1.43. The molecule has 19 heavy (non-hydrogen) atoms. The third-order valence-electron chi connectivity index (χ3n) is 2.23. The summed E-state index contributed by atoms with van der Waals surface area (Å²) in [5.41, 5.74) is -0.500. The summed E-state index contributed by atoms with van der Waals surface area (Å²) >= 11 is 10.1. The van der Waals surface area contributed by atoms with E-state index >= 15 is 0 Å². The summed E-state index contributed by atoms with van der Waals surface area (Å²) in [5.74, 6) is -0.891. The highest BCUT2D eigenvalue weighted by Crippen LogP contribution is 2.35. The summed E-state index contributed by atoms with van der Waals surface area (Å²) in [5, 5.41) is 13.7. The topological polar surface area (TPSA) is 68.1 Å². The molecule has 2 aromatic rings. The molecule has 0 radical (unpaired) electrons. The first-order chi connectivity index (χ1) is 8.99. The number of benzene rings is 1. The van der Waals surface area contributed by atoms with Crippen molar-refractivity contribution in [1.29, 1.82) is 0 Å². The summed E-state index contributed by atoms with van der Waals surface area (Å²) in [6.45, 7) is 0.271. The number of thiazole rings is 1. The van der Waals surface area contributed by atoms with Crippen molar-refractivity contribution < 1.29 is 9.31 Å². The third-order valence-corrected chi connectivity index (χ3v) is 4.00. The smallest absolute Gasteiger partial charge is 0.328 e.